The molecule has 2 nitrogen and oxygen atoms in total. The number of benzene rings is 2. The van der Waals surface area contributed by atoms with Crippen molar-refractivity contribution < 1.29 is 13.9 Å². The molecule has 0 bridgehead atoms. The van der Waals surface area contributed by atoms with E-state index in [9.17, 15) is 4.39 Å². The second-order valence-corrected chi connectivity index (χ2v) is 8.32. The van der Waals surface area contributed by atoms with Crippen LogP contribution in [-0.2, 0) is 22.5 Å². The Morgan fingerprint density at radius 2 is 1.59 bits per heavy atom. The van der Waals surface area contributed by atoms with Gasteiger partial charge in [-0.3, -0.25) is 0 Å². The van der Waals surface area contributed by atoms with E-state index in [1.54, 1.807) is 0 Å². The van der Waals surface area contributed by atoms with E-state index in [4.69, 9.17) is 9.47 Å². The molecule has 158 valence electrons. The Morgan fingerprint density at radius 1 is 0.897 bits per heavy atom. The quantitative estimate of drug-likeness (QED) is 0.401. The molecule has 2 aromatic carbocycles. The van der Waals surface area contributed by atoms with Gasteiger partial charge in [-0.15, -0.1) is 0 Å². The maximum absolute atomic E-state index is 14.5. The lowest BCUT2D eigenvalue weighted by Gasteiger charge is -2.37. The lowest BCUT2D eigenvalue weighted by atomic mass is 9.87. The van der Waals surface area contributed by atoms with Crippen LogP contribution in [-0.4, -0.2) is 25.0 Å². The van der Waals surface area contributed by atoms with Crippen molar-refractivity contribution in [2.75, 3.05) is 6.61 Å². The minimum absolute atomic E-state index is 0.00249. The first-order valence-corrected chi connectivity index (χ1v) is 11.2. The number of ether oxygens (including phenoxy) is 2. The lowest BCUT2D eigenvalue weighted by molar-refractivity contribution is -0.116. The van der Waals surface area contributed by atoms with Crippen molar-refractivity contribution in [2.45, 2.75) is 76.9 Å². The molecule has 1 aliphatic heterocycles. The highest BCUT2D eigenvalue weighted by atomic mass is 19.1. The highest BCUT2D eigenvalue weighted by Crippen LogP contribution is 2.32. The number of unbranched alkanes of at least 4 members (excludes halogenated alkanes) is 2. The van der Waals surface area contributed by atoms with Gasteiger partial charge in [0.2, 0.25) is 0 Å². The molecule has 3 rings (SSSR count). The van der Waals surface area contributed by atoms with Crippen LogP contribution in [0.2, 0.25) is 0 Å². The van der Waals surface area contributed by atoms with Crippen LogP contribution in [0.25, 0.3) is 0 Å². The summed E-state index contributed by atoms with van der Waals surface area (Å²) in [6.07, 6.45) is 5.91. The molecule has 3 heteroatoms. The summed E-state index contributed by atoms with van der Waals surface area (Å²) in [5.74, 6) is -0.00249. The second kappa shape index (κ2) is 12.1. The van der Waals surface area contributed by atoms with Crippen LogP contribution >= 0.6 is 0 Å². The fraction of sp³-hybridized carbons (Fsp3) is 0.538. The summed E-state index contributed by atoms with van der Waals surface area (Å²) in [6.45, 7) is 3.46. The third kappa shape index (κ3) is 7.56. The van der Waals surface area contributed by atoms with Gasteiger partial charge in [0.05, 0.1) is 18.8 Å². The van der Waals surface area contributed by atoms with Crippen LogP contribution in [0.3, 0.4) is 0 Å². The largest absolute Gasteiger partial charge is 0.377 e. The van der Waals surface area contributed by atoms with Crippen LogP contribution in [0, 0.1) is 5.92 Å². The van der Waals surface area contributed by atoms with Crippen LogP contribution < -0.4 is 0 Å². The monoisotopic (exact) mass is 398 g/mol. The molecule has 1 saturated heterocycles. The molecule has 4 atom stereocenters. The Labute approximate surface area is 175 Å². The molecular formula is C26H35FO2. The van der Waals surface area contributed by atoms with Crippen molar-refractivity contribution in [3.05, 3.63) is 71.8 Å². The predicted molar refractivity (Wildman–Crippen MR) is 117 cm³/mol. The SMILES string of the molecule is C[C@H]1[C@H](CCCCCOCc2ccccc2)O[C@H](CCc2ccccc2)C[C@@H]1F. The van der Waals surface area contributed by atoms with Crippen molar-refractivity contribution in [3.8, 4) is 0 Å². The Balaban J connectivity index is 1.31. The van der Waals surface area contributed by atoms with Gasteiger partial charge >= 0.3 is 0 Å². The summed E-state index contributed by atoms with van der Waals surface area (Å²) in [6, 6.07) is 20.7. The molecule has 0 aromatic heterocycles. The molecule has 0 N–H and O–H groups in total. The summed E-state index contributed by atoms with van der Waals surface area (Å²) in [4.78, 5) is 0. The zero-order chi connectivity index (χ0) is 20.3. The summed E-state index contributed by atoms with van der Waals surface area (Å²) in [7, 11) is 0. The summed E-state index contributed by atoms with van der Waals surface area (Å²) in [5.41, 5.74) is 2.52. The van der Waals surface area contributed by atoms with E-state index in [2.05, 4.69) is 36.4 Å². The van der Waals surface area contributed by atoms with Gasteiger partial charge in [-0.2, -0.15) is 0 Å². The fourth-order valence-electron chi connectivity index (χ4n) is 4.11. The second-order valence-electron chi connectivity index (χ2n) is 8.32. The topological polar surface area (TPSA) is 18.5 Å². The number of hydrogen-bond acceptors (Lipinski definition) is 2. The van der Waals surface area contributed by atoms with Gasteiger partial charge in [0.1, 0.15) is 6.17 Å². The minimum atomic E-state index is -0.747. The number of hydrogen-bond donors (Lipinski definition) is 0. The van der Waals surface area contributed by atoms with E-state index in [0.717, 1.165) is 45.1 Å². The van der Waals surface area contributed by atoms with Gasteiger partial charge in [0, 0.05) is 18.9 Å². The zero-order valence-corrected chi connectivity index (χ0v) is 17.6. The Bertz CT molecular complexity index is 676. The number of aryl methyl sites for hydroxylation is 1. The summed E-state index contributed by atoms with van der Waals surface area (Å²) >= 11 is 0. The smallest absolute Gasteiger partial charge is 0.108 e. The predicted octanol–water partition coefficient (Wildman–Crippen LogP) is 6.53. The van der Waals surface area contributed by atoms with E-state index in [1.807, 2.05) is 31.2 Å². The van der Waals surface area contributed by atoms with Gasteiger partial charge < -0.3 is 9.47 Å². The fourth-order valence-corrected chi connectivity index (χ4v) is 4.11. The van der Waals surface area contributed by atoms with Gasteiger partial charge in [0.15, 0.2) is 0 Å². The van der Waals surface area contributed by atoms with Gasteiger partial charge in [0.25, 0.3) is 0 Å². The number of rotatable bonds is 11. The van der Waals surface area contributed by atoms with Gasteiger partial charge in [-0.25, -0.2) is 4.39 Å². The minimum Gasteiger partial charge on any atom is -0.377 e. The molecular weight excluding hydrogens is 363 g/mol. The molecule has 0 amide bonds. The van der Waals surface area contributed by atoms with Gasteiger partial charge in [-0.1, -0.05) is 80.4 Å². The van der Waals surface area contributed by atoms with Gasteiger partial charge in [-0.05, 0) is 36.8 Å². The van der Waals surface area contributed by atoms with Crippen molar-refractivity contribution >= 4 is 0 Å². The average Bonchev–Trinajstić information content (AvgIpc) is 2.76. The van der Waals surface area contributed by atoms with Crippen LogP contribution in [0.5, 0.6) is 0 Å². The van der Waals surface area contributed by atoms with Crippen molar-refractivity contribution in [1.82, 2.24) is 0 Å². The Morgan fingerprint density at radius 3 is 2.31 bits per heavy atom. The maximum Gasteiger partial charge on any atom is 0.108 e. The molecule has 0 spiro atoms. The van der Waals surface area contributed by atoms with Crippen LogP contribution in [0.15, 0.2) is 60.7 Å². The first-order valence-electron chi connectivity index (χ1n) is 11.2. The molecule has 1 aliphatic rings. The standard InChI is InChI=1S/C26H35FO2/c1-21-25(27)19-24(17-16-22-11-5-2-6-12-22)29-26(21)15-9-4-10-18-28-20-23-13-7-3-8-14-23/h2-3,5-8,11-14,21,24-26H,4,9-10,15-20H2,1H3/t21-,24-,25+,26+/m1/s1. The molecule has 2 aromatic rings. The summed E-state index contributed by atoms with van der Waals surface area (Å²) in [5, 5.41) is 0. The third-order valence-electron chi connectivity index (χ3n) is 6.00. The normalized spacial score (nSPS) is 24.5. The third-order valence-corrected chi connectivity index (χ3v) is 6.00. The molecule has 29 heavy (non-hydrogen) atoms. The summed E-state index contributed by atoms with van der Waals surface area (Å²) < 4.78 is 26.6. The van der Waals surface area contributed by atoms with Crippen LogP contribution in [0.4, 0.5) is 4.39 Å². The Hall–Kier alpha value is -1.71. The average molecular weight is 399 g/mol. The molecule has 0 unspecified atom stereocenters. The van der Waals surface area contributed by atoms with Crippen molar-refractivity contribution in [2.24, 2.45) is 5.92 Å². The van der Waals surface area contributed by atoms with Crippen molar-refractivity contribution in [3.63, 3.8) is 0 Å². The molecule has 0 aliphatic carbocycles. The van der Waals surface area contributed by atoms with E-state index in [-0.39, 0.29) is 18.1 Å². The Kier molecular flexibility index (Phi) is 9.17. The van der Waals surface area contributed by atoms with E-state index >= 15 is 0 Å². The maximum atomic E-state index is 14.5. The number of halogens is 1. The van der Waals surface area contributed by atoms with E-state index < -0.39 is 6.17 Å². The zero-order valence-electron chi connectivity index (χ0n) is 17.6. The molecule has 0 radical (unpaired) electrons. The first kappa shape index (κ1) is 22.0. The van der Waals surface area contributed by atoms with Crippen molar-refractivity contribution in [1.29, 1.82) is 0 Å². The van der Waals surface area contributed by atoms with E-state index in [1.165, 1.54) is 11.1 Å². The lowest BCUT2D eigenvalue weighted by Crippen LogP contribution is -2.41. The highest BCUT2D eigenvalue weighted by molar-refractivity contribution is 5.15. The highest BCUT2D eigenvalue weighted by Gasteiger charge is 2.35. The van der Waals surface area contributed by atoms with Crippen LogP contribution in [0.1, 0.15) is 56.6 Å². The van der Waals surface area contributed by atoms with E-state index in [0.29, 0.717) is 13.0 Å². The number of alkyl halides is 1. The molecule has 1 heterocycles. The molecule has 0 saturated carbocycles. The first-order chi connectivity index (χ1) is 14.2. The molecule has 1 fully saturated rings.